The van der Waals surface area contributed by atoms with Crippen molar-refractivity contribution in [2.45, 2.75) is 51.6 Å². The molecule has 0 aromatic carbocycles. The normalized spacial score (nSPS) is 28.9. The van der Waals surface area contributed by atoms with Crippen molar-refractivity contribution in [3.8, 4) is 0 Å². The minimum absolute atomic E-state index is 0.388. The molecule has 2 aliphatic rings. The van der Waals surface area contributed by atoms with Crippen LogP contribution in [0.5, 0.6) is 0 Å². The summed E-state index contributed by atoms with van der Waals surface area (Å²) in [6.07, 6.45) is 5.40. The third-order valence-corrected chi connectivity index (χ3v) is 6.43. The summed E-state index contributed by atoms with van der Waals surface area (Å²) in [5, 5.41) is 14.3. The van der Waals surface area contributed by atoms with E-state index < -0.39 is 5.60 Å². The van der Waals surface area contributed by atoms with Crippen molar-refractivity contribution in [2.24, 2.45) is 5.92 Å². The van der Waals surface area contributed by atoms with Crippen LogP contribution >= 0.6 is 11.3 Å². The molecule has 22 heavy (non-hydrogen) atoms. The molecular weight excluding hydrogens is 294 g/mol. The largest absolute Gasteiger partial charge is 0.389 e. The van der Waals surface area contributed by atoms with Gasteiger partial charge in [-0.2, -0.15) is 0 Å². The van der Waals surface area contributed by atoms with Gasteiger partial charge in [-0.15, -0.1) is 11.3 Å². The van der Waals surface area contributed by atoms with E-state index in [1.165, 1.54) is 23.8 Å². The molecule has 0 spiro atoms. The molecule has 118 valence electrons. The highest BCUT2D eigenvalue weighted by atomic mass is 32.1. The second-order valence-corrected chi connectivity index (χ2v) is 7.79. The molecule has 2 unspecified atom stereocenters. The Bertz CT molecular complexity index is 713. The van der Waals surface area contributed by atoms with Gasteiger partial charge in [0.2, 0.25) is 0 Å². The maximum absolute atomic E-state index is 10.9. The van der Waals surface area contributed by atoms with Crippen molar-refractivity contribution in [3.05, 3.63) is 16.8 Å². The molecule has 2 aromatic rings. The summed E-state index contributed by atoms with van der Waals surface area (Å²) in [5.74, 6) is 2.31. The van der Waals surface area contributed by atoms with Gasteiger partial charge < -0.3 is 10.0 Å². The Morgan fingerprint density at radius 3 is 3.00 bits per heavy atom. The second-order valence-electron chi connectivity index (χ2n) is 6.94. The van der Waals surface area contributed by atoms with Gasteiger partial charge in [-0.05, 0) is 44.1 Å². The average Bonchev–Trinajstić information content (AvgIpc) is 2.86. The molecule has 1 saturated heterocycles. The molecule has 1 aliphatic heterocycles. The van der Waals surface area contributed by atoms with Crippen LogP contribution < -0.4 is 4.90 Å². The lowest BCUT2D eigenvalue weighted by molar-refractivity contribution is -0.0613. The summed E-state index contributed by atoms with van der Waals surface area (Å²) in [4.78, 5) is 12.8. The van der Waals surface area contributed by atoms with E-state index in [2.05, 4.69) is 22.2 Å². The van der Waals surface area contributed by atoms with E-state index in [1.54, 1.807) is 11.3 Å². The predicted molar refractivity (Wildman–Crippen MR) is 90.6 cm³/mol. The summed E-state index contributed by atoms with van der Waals surface area (Å²) in [7, 11) is 0. The van der Waals surface area contributed by atoms with Crippen LogP contribution in [0.15, 0.2) is 5.38 Å². The van der Waals surface area contributed by atoms with Gasteiger partial charge in [0, 0.05) is 19.0 Å². The van der Waals surface area contributed by atoms with Gasteiger partial charge in [-0.1, -0.05) is 12.8 Å². The number of piperidine rings is 1. The second kappa shape index (κ2) is 5.17. The number of hydrogen-bond donors (Lipinski definition) is 1. The van der Waals surface area contributed by atoms with Crippen LogP contribution in [-0.2, 0) is 0 Å². The predicted octanol–water partition coefficient (Wildman–Crippen LogP) is 3.44. The highest BCUT2D eigenvalue weighted by Crippen LogP contribution is 2.42. The molecule has 3 heterocycles. The summed E-state index contributed by atoms with van der Waals surface area (Å²) < 4.78 is 0. The van der Waals surface area contributed by atoms with E-state index in [-0.39, 0.29) is 0 Å². The molecule has 2 fully saturated rings. The molecule has 1 aliphatic carbocycles. The Morgan fingerprint density at radius 1 is 1.27 bits per heavy atom. The SMILES string of the molecule is Cc1nc(N2CCC3(O)CCCCC3C2)c2c(C)csc2n1. The van der Waals surface area contributed by atoms with Crippen LogP contribution in [0, 0.1) is 19.8 Å². The van der Waals surface area contributed by atoms with Crippen LogP contribution in [-0.4, -0.2) is 33.8 Å². The van der Waals surface area contributed by atoms with E-state index in [1.807, 2.05) is 6.92 Å². The van der Waals surface area contributed by atoms with Crippen LogP contribution in [0.25, 0.3) is 10.2 Å². The Hall–Kier alpha value is -1.20. The standard InChI is InChI=1S/C17H23N3OS/c1-11-10-22-16-14(11)15(18-12(2)19-16)20-8-7-17(21)6-4-3-5-13(17)9-20/h10,13,21H,3-9H2,1-2H3. The van der Waals surface area contributed by atoms with Crippen molar-refractivity contribution < 1.29 is 5.11 Å². The fraction of sp³-hybridized carbons (Fsp3) is 0.647. The lowest BCUT2D eigenvalue weighted by atomic mass is 9.71. The van der Waals surface area contributed by atoms with E-state index >= 15 is 0 Å². The van der Waals surface area contributed by atoms with Crippen LogP contribution in [0.4, 0.5) is 5.82 Å². The zero-order valence-corrected chi connectivity index (χ0v) is 14.1. The molecule has 0 amide bonds. The van der Waals surface area contributed by atoms with Crippen LogP contribution in [0.3, 0.4) is 0 Å². The van der Waals surface area contributed by atoms with Gasteiger partial charge in [-0.25, -0.2) is 9.97 Å². The number of thiophene rings is 1. The Morgan fingerprint density at radius 2 is 2.14 bits per heavy atom. The van der Waals surface area contributed by atoms with Gasteiger partial charge >= 0.3 is 0 Å². The minimum Gasteiger partial charge on any atom is -0.389 e. The monoisotopic (exact) mass is 317 g/mol. The molecule has 0 radical (unpaired) electrons. The summed E-state index contributed by atoms with van der Waals surface area (Å²) >= 11 is 1.70. The molecule has 4 nitrogen and oxygen atoms in total. The van der Waals surface area contributed by atoms with Crippen LogP contribution in [0.2, 0.25) is 0 Å². The van der Waals surface area contributed by atoms with Crippen molar-refractivity contribution >= 4 is 27.4 Å². The smallest absolute Gasteiger partial charge is 0.141 e. The molecule has 5 heteroatoms. The third kappa shape index (κ3) is 2.22. The highest BCUT2D eigenvalue weighted by molar-refractivity contribution is 7.17. The number of anilines is 1. The number of nitrogens with zero attached hydrogens (tertiary/aromatic N) is 3. The molecule has 0 bridgehead atoms. The molecule has 2 atom stereocenters. The lowest BCUT2D eigenvalue weighted by Crippen LogP contribution is -2.53. The van der Waals surface area contributed by atoms with Gasteiger partial charge in [0.05, 0.1) is 11.0 Å². The van der Waals surface area contributed by atoms with E-state index in [0.717, 1.165) is 48.8 Å². The summed E-state index contributed by atoms with van der Waals surface area (Å²) in [6, 6.07) is 0. The maximum Gasteiger partial charge on any atom is 0.141 e. The van der Waals surface area contributed by atoms with E-state index in [9.17, 15) is 5.11 Å². The third-order valence-electron chi connectivity index (χ3n) is 5.44. The number of hydrogen-bond acceptors (Lipinski definition) is 5. The van der Waals surface area contributed by atoms with Gasteiger partial charge in [0.1, 0.15) is 16.5 Å². The Balaban J connectivity index is 1.72. The molecule has 1 N–H and O–H groups in total. The maximum atomic E-state index is 10.9. The number of fused-ring (bicyclic) bond motifs is 2. The first-order valence-corrected chi connectivity index (χ1v) is 9.14. The summed E-state index contributed by atoms with van der Waals surface area (Å²) in [6.45, 7) is 5.94. The fourth-order valence-electron chi connectivity index (χ4n) is 4.16. The number of aromatic nitrogens is 2. The van der Waals surface area contributed by atoms with E-state index in [4.69, 9.17) is 4.98 Å². The van der Waals surface area contributed by atoms with E-state index in [0.29, 0.717) is 5.92 Å². The Labute approximate surface area is 135 Å². The zero-order valence-electron chi connectivity index (χ0n) is 13.3. The quantitative estimate of drug-likeness (QED) is 0.875. The van der Waals surface area contributed by atoms with Gasteiger partial charge in [-0.3, -0.25) is 0 Å². The van der Waals surface area contributed by atoms with Gasteiger partial charge in [0.15, 0.2) is 0 Å². The van der Waals surface area contributed by atoms with Crippen molar-refractivity contribution in [2.75, 3.05) is 18.0 Å². The first-order chi connectivity index (χ1) is 10.6. The lowest BCUT2D eigenvalue weighted by Gasteiger charge is -2.47. The number of rotatable bonds is 1. The molecular formula is C17H23N3OS. The van der Waals surface area contributed by atoms with Crippen molar-refractivity contribution in [1.82, 2.24) is 9.97 Å². The van der Waals surface area contributed by atoms with Gasteiger partial charge in [0.25, 0.3) is 0 Å². The summed E-state index contributed by atoms with van der Waals surface area (Å²) in [5.41, 5.74) is 0.832. The zero-order chi connectivity index (χ0) is 15.3. The first kappa shape index (κ1) is 14.4. The fourth-order valence-corrected chi connectivity index (χ4v) is 5.12. The molecule has 4 rings (SSSR count). The van der Waals surface area contributed by atoms with Crippen molar-refractivity contribution in [1.29, 1.82) is 0 Å². The first-order valence-electron chi connectivity index (χ1n) is 8.26. The molecule has 2 aromatic heterocycles. The Kier molecular flexibility index (Phi) is 3.38. The number of aryl methyl sites for hydroxylation is 2. The van der Waals surface area contributed by atoms with Crippen LogP contribution in [0.1, 0.15) is 43.5 Å². The van der Waals surface area contributed by atoms with Crippen molar-refractivity contribution in [3.63, 3.8) is 0 Å². The highest BCUT2D eigenvalue weighted by Gasteiger charge is 2.43. The number of aliphatic hydroxyl groups is 1. The topological polar surface area (TPSA) is 49.2 Å². The average molecular weight is 317 g/mol. The minimum atomic E-state index is -0.431. The molecule has 1 saturated carbocycles.